The van der Waals surface area contributed by atoms with E-state index in [1.54, 1.807) is 25.1 Å². The number of ether oxygens (including phenoxy) is 1. The molecule has 0 atom stereocenters. The van der Waals surface area contributed by atoms with Crippen LogP contribution in [-0.4, -0.2) is 66.1 Å². The van der Waals surface area contributed by atoms with Gasteiger partial charge in [-0.05, 0) is 48.4 Å². The molecule has 6 rings (SSSR count). The molecule has 0 unspecified atom stereocenters. The van der Waals surface area contributed by atoms with E-state index in [1.807, 2.05) is 54.6 Å². The number of sulfonamides is 1. The van der Waals surface area contributed by atoms with E-state index in [1.165, 1.54) is 11.4 Å². The van der Waals surface area contributed by atoms with Gasteiger partial charge in [-0.1, -0.05) is 70.5 Å². The maximum absolute atomic E-state index is 13.6. The van der Waals surface area contributed by atoms with Crippen molar-refractivity contribution in [2.75, 3.05) is 33.3 Å². The number of ketones is 1. The smallest absolute Gasteiger partial charge is 0.246 e. The third-order valence-corrected chi connectivity index (χ3v) is 10.3. The number of rotatable bonds is 8. The van der Waals surface area contributed by atoms with E-state index in [9.17, 15) is 13.2 Å². The van der Waals surface area contributed by atoms with Gasteiger partial charge in [0.25, 0.3) is 0 Å². The van der Waals surface area contributed by atoms with Gasteiger partial charge in [-0.2, -0.15) is 4.31 Å². The minimum Gasteiger partial charge on any atom is -0.495 e. The number of Topliss-reactive ketones (excluding diaryl/α,β-unsaturated/α-hetero) is 1. The summed E-state index contributed by atoms with van der Waals surface area (Å²) in [5.41, 5.74) is 6.50. The Labute approximate surface area is 259 Å². The van der Waals surface area contributed by atoms with Crippen LogP contribution in [0.1, 0.15) is 23.0 Å². The first-order valence-electron chi connectivity index (χ1n) is 14.0. The predicted molar refractivity (Wildman–Crippen MR) is 171 cm³/mol. The summed E-state index contributed by atoms with van der Waals surface area (Å²) in [5.74, 6) is 0.366. The molecular formula is C33H31BrN4O4S. The maximum Gasteiger partial charge on any atom is 0.246 e. The van der Waals surface area contributed by atoms with Gasteiger partial charge in [0.1, 0.15) is 16.3 Å². The molecule has 0 saturated carbocycles. The largest absolute Gasteiger partial charge is 0.495 e. The minimum absolute atomic E-state index is 0.0371. The number of hydrogen-bond donors (Lipinski definition) is 0. The molecule has 3 aromatic carbocycles. The molecule has 0 radical (unpaired) electrons. The number of carbonyl (C=O) groups is 1. The molecule has 3 heterocycles. The van der Waals surface area contributed by atoms with Crippen LogP contribution in [0.3, 0.4) is 0 Å². The van der Waals surface area contributed by atoms with Crippen LogP contribution in [0.5, 0.6) is 5.75 Å². The summed E-state index contributed by atoms with van der Waals surface area (Å²) in [6, 6.07) is 26.8. The zero-order valence-corrected chi connectivity index (χ0v) is 26.3. The summed E-state index contributed by atoms with van der Waals surface area (Å²) in [7, 11) is -2.25. The van der Waals surface area contributed by atoms with Crippen LogP contribution in [0.2, 0.25) is 0 Å². The zero-order valence-electron chi connectivity index (χ0n) is 23.9. The van der Waals surface area contributed by atoms with Gasteiger partial charge in [-0.25, -0.2) is 13.4 Å². The van der Waals surface area contributed by atoms with E-state index in [4.69, 9.17) is 9.72 Å². The van der Waals surface area contributed by atoms with Crippen LogP contribution in [0.25, 0.3) is 28.0 Å². The quantitative estimate of drug-likeness (QED) is 0.186. The Morgan fingerprint density at radius 3 is 2.26 bits per heavy atom. The molecule has 0 aliphatic carbocycles. The molecule has 10 heteroatoms. The van der Waals surface area contributed by atoms with Crippen molar-refractivity contribution in [2.45, 2.75) is 18.4 Å². The number of benzene rings is 3. The van der Waals surface area contributed by atoms with E-state index in [-0.39, 0.29) is 10.7 Å². The Hall–Kier alpha value is -3.83. The van der Waals surface area contributed by atoms with Crippen molar-refractivity contribution < 1.29 is 17.9 Å². The van der Waals surface area contributed by atoms with E-state index < -0.39 is 10.0 Å². The lowest BCUT2D eigenvalue weighted by molar-refractivity contribution is 0.101. The second-order valence-electron chi connectivity index (χ2n) is 10.5. The molecule has 1 aliphatic rings. The molecule has 0 amide bonds. The van der Waals surface area contributed by atoms with Crippen molar-refractivity contribution in [3.63, 3.8) is 0 Å². The van der Waals surface area contributed by atoms with Crippen molar-refractivity contribution in [1.82, 2.24) is 18.6 Å². The number of imidazole rings is 1. The third kappa shape index (κ3) is 5.88. The van der Waals surface area contributed by atoms with Crippen LogP contribution in [-0.2, 0) is 16.6 Å². The summed E-state index contributed by atoms with van der Waals surface area (Å²) in [5, 5.41) is 0. The van der Waals surface area contributed by atoms with Crippen molar-refractivity contribution in [3.8, 4) is 28.1 Å². The van der Waals surface area contributed by atoms with Crippen LogP contribution in [0.15, 0.2) is 100 Å². The highest BCUT2D eigenvalue weighted by molar-refractivity contribution is 9.10. The first-order valence-corrected chi connectivity index (χ1v) is 16.2. The standard InChI is InChI=1S/C33H31BrN4O4S/c1-23(39)24-8-10-25(11-9-24)27-12-15-32-35-33(26-6-4-3-5-7-26)29(38(32)21-27)22-36-16-18-37(19-17-36)43(40,41)31-20-28(34)13-14-30(31)42-2/h3-15,20-21H,16-19,22H2,1-2H3. The molecule has 5 aromatic rings. The first-order chi connectivity index (χ1) is 20.7. The molecule has 0 N–H and O–H groups in total. The molecule has 0 bridgehead atoms. The summed E-state index contributed by atoms with van der Waals surface area (Å²) in [6.07, 6.45) is 2.09. The van der Waals surface area contributed by atoms with Crippen LogP contribution < -0.4 is 4.74 Å². The van der Waals surface area contributed by atoms with Crippen molar-refractivity contribution >= 4 is 37.4 Å². The lowest BCUT2D eigenvalue weighted by Gasteiger charge is -2.34. The van der Waals surface area contributed by atoms with E-state index >= 15 is 0 Å². The average Bonchev–Trinajstić information content (AvgIpc) is 3.39. The van der Waals surface area contributed by atoms with E-state index in [0.29, 0.717) is 48.5 Å². The van der Waals surface area contributed by atoms with Gasteiger partial charge < -0.3 is 9.14 Å². The Kier molecular flexibility index (Phi) is 8.19. The van der Waals surface area contributed by atoms with Crippen molar-refractivity contribution in [1.29, 1.82) is 0 Å². The van der Waals surface area contributed by atoms with Gasteiger partial charge in [-0.3, -0.25) is 9.69 Å². The highest BCUT2D eigenvalue weighted by Crippen LogP contribution is 2.32. The number of halogens is 1. The minimum atomic E-state index is -3.73. The molecule has 1 aliphatic heterocycles. The molecule has 2 aromatic heterocycles. The summed E-state index contributed by atoms with van der Waals surface area (Å²) >= 11 is 3.39. The van der Waals surface area contributed by atoms with Gasteiger partial charge >= 0.3 is 0 Å². The second kappa shape index (κ2) is 12.0. The van der Waals surface area contributed by atoms with Gasteiger partial charge in [0.2, 0.25) is 10.0 Å². The Bertz CT molecular complexity index is 1900. The van der Waals surface area contributed by atoms with E-state index in [2.05, 4.69) is 43.6 Å². The molecule has 43 heavy (non-hydrogen) atoms. The number of aromatic nitrogens is 2. The number of carbonyl (C=O) groups excluding carboxylic acids is 1. The van der Waals surface area contributed by atoms with Crippen LogP contribution >= 0.6 is 15.9 Å². The highest BCUT2D eigenvalue weighted by Gasteiger charge is 2.31. The lowest BCUT2D eigenvalue weighted by Crippen LogP contribution is -2.48. The third-order valence-electron chi connectivity index (χ3n) is 7.84. The maximum atomic E-state index is 13.6. The monoisotopic (exact) mass is 658 g/mol. The number of hydrogen-bond acceptors (Lipinski definition) is 6. The first kappa shape index (κ1) is 29.3. The predicted octanol–water partition coefficient (Wildman–Crippen LogP) is 6.15. The molecule has 0 spiro atoms. The van der Waals surface area contributed by atoms with Crippen molar-refractivity contribution in [3.05, 3.63) is 107 Å². The topological polar surface area (TPSA) is 84.2 Å². The molecule has 8 nitrogen and oxygen atoms in total. The zero-order chi connectivity index (χ0) is 30.1. The molecular weight excluding hydrogens is 628 g/mol. The Morgan fingerprint density at radius 1 is 0.884 bits per heavy atom. The molecule has 1 saturated heterocycles. The van der Waals surface area contributed by atoms with Crippen LogP contribution in [0.4, 0.5) is 0 Å². The van der Waals surface area contributed by atoms with Gasteiger partial charge in [-0.15, -0.1) is 0 Å². The fourth-order valence-corrected chi connectivity index (χ4v) is 7.59. The number of methoxy groups -OCH3 is 1. The SMILES string of the molecule is COc1ccc(Br)cc1S(=O)(=O)N1CCN(Cc2c(-c3ccccc3)nc3ccc(-c4ccc(C(C)=O)cc4)cn23)CC1. The van der Waals surface area contributed by atoms with Gasteiger partial charge in [0.05, 0.1) is 18.5 Å². The number of piperazine rings is 1. The average molecular weight is 660 g/mol. The molecule has 220 valence electrons. The molecule has 1 fully saturated rings. The number of pyridine rings is 1. The highest BCUT2D eigenvalue weighted by atomic mass is 79.9. The van der Waals surface area contributed by atoms with Gasteiger partial charge in [0.15, 0.2) is 5.78 Å². The second-order valence-corrected chi connectivity index (χ2v) is 13.4. The van der Waals surface area contributed by atoms with Crippen LogP contribution in [0, 0.1) is 0 Å². The van der Waals surface area contributed by atoms with Crippen molar-refractivity contribution in [2.24, 2.45) is 0 Å². The lowest BCUT2D eigenvalue weighted by atomic mass is 10.0. The summed E-state index contributed by atoms with van der Waals surface area (Å²) in [6.45, 7) is 4.04. The number of fused-ring (bicyclic) bond motifs is 1. The van der Waals surface area contributed by atoms with E-state index in [0.717, 1.165) is 33.7 Å². The summed E-state index contributed by atoms with van der Waals surface area (Å²) < 4.78 is 36.8. The normalized spacial score (nSPS) is 14.7. The fraction of sp³-hybridized carbons (Fsp3) is 0.212. The fourth-order valence-electron chi connectivity index (χ4n) is 5.47. The Balaban J connectivity index is 1.30. The summed E-state index contributed by atoms with van der Waals surface area (Å²) in [4.78, 5) is 19.2. The Morgan fingerprint density at radius 2 is 1.58 bits per heavy atom. The van der Waals surface area contributed by atoms with Gasteiger partial charge in [0, 0.05) is 54.5 Å². The number of nitrogens with zero attached hydrogens (tertiary/aromatic N) is 4.